The number of hydrogen-bond acceptors (Lipinski definition) is 2. The van der Waals surface area contributed by atoms with Gasteiger partial charge in [-0.3, -0.25) is 4.79 Å². The van der Waals surface area contributed by atoms with Crippen LogP contribution >= 0.6 is 0 Å². The normalized spacial score (nSPS) is 22.2. The zero-order valence-electron chi connectivity index (χ0n) is 12.1. The van der Waals surface area contributed by atoms with E-state index in [0.29, 0.717) is 6.04 Å². The van der Waals surface area contributed by atoms with Crippen molar-refractivity contribution < 1.29 is 4.79 Å². The molecule has 0 saturated carbocycles. The fourth-order valence-electron chi connectivity index (χ4n) is 2.64. The first kappa shape index (κ1) is 15.5. The third-order valence-corrected chi connectivity index (χ3v) is 3.77. The SMILES string of the molecule is CCCCC(CCC)NC(=O)C1CCCCCN1. The molecule has 2 atom stereocenters. The van der Waals surface area contributed by atoms with Crippen LogP contribution in [0.3, 0.4) is 0 Å². The molecule has 1 amide bonds. The van der Waals surface area contributed by atoms with Crippen LogP contribution in [0.25, 0.3) is 0 Å². The first-order valence-corrected chi connectivity index (χ1v) is 7.81. The summed E-state index contributed by atoms with van der Waals surface area (Å²) < 4.78 is 0. The van der Waals surface area contributed by atoms with E-state index in [1.54, 1.807) is 0 Å². The second kappa shape index (κ2) is 9.37. The summed E-state index contributed by atoms with van der Waals surface area (Å²) in [6.45, 7) is 5.39. The molecule has 2 N–H and O–H groups in total. The van der Waals surface area contributed by atoms with Gasteiger partial charge in [0.2, 0.25) is 5.91 Å². The van der Waals surface area contributed by atoms with Gasteiger partial charge in [0.25, 0.3) is 0 Å². The van der Waals surface area contributed by atoms with Gasteiger partial charge in [-0.15, -0.1) is 0 Å². The van der Waals surface area contributed by atoms with Crippen LogP contribution in [0.2, 0.25) is 0 Å². The molecule has 18 heavy (non-hydrogen) atoms. The van der Waals surface area contributed by atoms with Gasteiger partial charge < -0.3 is 10.6 Å². The predicted molar refractivity (Wildman–Crippen MR) is 76.6 cm³/mol. The zero-order valence-corrected chi connectivity index (χ0v) is 12.1. The van der Waals surface area contributed by atoms with Crippen molar-refractivity contribution in [2.45, 2.75) is 83.7 Å². The molecule has 0 aromatic rings. The number of rotatable bonds is 7. The molecule has 1 heterocycles. The highest BCUT2D eigenvalue weighted by atomic mass is 16.2. The quantitative estimate of drug-likeness (QED) is 0.733. The summed E-state index contributed by atoms with van der Waals surface area (Å²) in [6, 6.07) is 0.431. The maximum Gasteiger partial charge on any atom is 0.237 e. The van der Waals surface area contributed by atoms with Crippen LogP contribution in [0.15, 0.2) is 0 Å². The van der Waals surface area contributed by atoms with Crippen LogP contribution in [-0.4, -0.2) is 24.5 Å². The fourth-order valence-corrected chi connectivity index (χ4v) is 2.64. The molecular formula is C15H30N2O. The van der Waals surface area contributed by atoms with E-state index < -0.39 is 0 Å². The van der Waals surface area contributed by atoms with Crippen molar-refractivity contribution in [2.24, 2.45) is 0 Å². The topological polar surface area (TPSA) is 41.1 Å². The first-order valence-electron chi connectivity index (χ1n) is 7.81. The van der Waals surface area contributed by atoms with Crippen molar-refractivity contribution >= 4 is 5.91 Å². The molecule has 2 unspecified atom stereocenters. The Bertz CT molecular complexity index is 223. The van der Waals surface area contributed by atoms with Gasteiger partial charge in [0.15, 0.2) is 0 Å². The summed E-state index contributed by atoms with van der Waals surface area (Å²) in [7, 11) is 0. The summed E-state index contributed by atoms with van der Waals surface area (Å²) in [5.74, 6) is 0.228. The fraction of sp³-hybridized carbons (Fsp3) is 0.933. The number of amides is 1. The molecule has 0 aliphatic carbocycles. The Hall–Kier alpha value is -0.570. The molecule has 1 fully saturated rings. The second-order valence-electron chi connectivity index (χ2n) is 5.49. The Kier molecular flexibility index (Phi) is 8.06. The number of carbonyl (C=O) groups is 1. The minimum Gasteiger partial charge on any atom is -0.352 e. The Balaban J connectivity index is 2.37. The molecule has 1 rings (SSSR count). The smallest absolute Gasteiger partial charge is 0.237 e. The van der Waals surface area contributed by atoms with Crippen molar-refractivity contribution in [2.75, 3.05) is 6.54 Å². The van der Waals surface area contributed by atoms with Crippen molar-refractivity contribution in [3.05, 3.63) is 0 Å². The van der Waals surface area contributed by atoms with E-state index in [4.69, 9.17) is 0 Å². The van der Waals surface area contributed by atoms with Crippen LogP contribution in [0.4, 0.5) is 0 Å². The van der Waals surface area contributed by atoms with Crippen LogP contribution in [-0.2, 0) is 4.79 Å². The van der Waals surface area contributed by atoms with Crippen LogP contribution < -0.4 is 10.6 Å². The van der Waals surface area contributed by atoms with Crippen molar-refractivity contribution in [1.82, 2.24) is 10.6 Å². The van der Waals surface area contributed by atoms with E-state index in [0.717, 1.165) is 32.2 Å². The molecule has 3 heteroatoms. The molecule has 0 bridgehead atoms. The number of hydrogen-bond donors (Lipinski definition) is 2. The maximum atomic E-state index is 12.2. The van der Waals surface area contributed by atoms with E-state index in [1.165, 1.54) is 32.1 Å². The van der Waals surface area contributed by atoms with Crippen LogP contribution in [0, 0.1) is 0 Å². The Morgan fingerprint density at radius 1 is 1.22 bits per heavy atom. The Labute approximate surface area is 112 Å². The Morgan fingerprint density at radius 2 is 2.06 bits per heavy atom. The lowest BCUT2D eigenvalue weighted by molar-refractivity contribution is -0.124. The molecule has 0 spiro atoms. The third kappa shape index (κ3) is 5.85. The van der Waals surface area contributed by atoms with Crippen LogP contribution in [0.5, 0.6) is 0 Å². The van der Waals surface area contributed by atoms with Gasteiger partial charge in [-0.25, -0.2) is 0 Å². The van der Waals surface area contributed by atoms with Crippen molar-refractivity contribution in [3.8, 4) is 0 Å². The molecule has 106 valence electrons. The third-order valence-electron chi connectivity index (χ3n) is 3.77. The molecule has 0 aromatic heterocycles. The average Bonchev–Trinajstić information content (AvgIpc) is 2.65. The van der Waals surface area contributed by atoms with E-state index in [1.807, 2.05) is 0 Å². The maximum absolute atomic E-state index is 12.2. The van der Waals surface area contributed by atoms with Gasteiger partial charge in [-0.2, -0.15) is 0 Å². The molecule has 0 aromatic carbocycles. The molecule has 1 aliphatic heterocycles. The number of nitrogens with one attached hydrogen (secondary N) is 2. The summed E-state index contributed by atoms with van der Waals surface area (Å²) in [5.41, 5.74) is 0. The Morgan fingerprint density at radius 3 is 2.78 bits per heavy atom. The minimum absolute atomic E-state index is 0.0495. The first-order chi connectivity index (χ1) is 8.77. The lowest BCUT2D eigenvalue weighted by Crippen LogP contribution is -2.47. The number of unbranched alkanes of at least 4 members (excludes halogenated alkanes) is 1. The summed E-state index contributed by atoms with van der Waals surface area (Å²) in [6.07, 6.45) is 10.4. The molecule has 1 saturated heterocycles. The van der Waals surface area contributed by atoms with E-state index >= 15 is 0 Å². The lowest BCUT2D eigenvalue weighted by Gasteiger charge is -2.22. The van der Waals surface area contributed by atoms with Gasteiger partial charge in [0.1, 0.15) is 0 Å². The van der Waals surface area contributed by atoms with E-state index in [2.05, 4.69) is 24.5 Å². The minimum atomic E-state index is 0.0495. The monoisotopic (exact) mass is 254 g/mol. The van der Waals surface area contributed by atoms with Gasteiger partial charge in [0, 0.05) is 6.04 Å². The largest absolute Gasteiger partial charge is 0.352 e. The van der Waals surface area contributed by atoms with Crippen molar-refractivity contribution in [3.63, 3.8) is 0 Å². The van der Waals surface area contributed by atoms with E-state index in [9.17, 15) is 4.79 Å². The zero-order chi connectivity index (χ0) is 13.2. The van der Waals surface area contributed by atoms with Crippen molar-refractivity contribution in [1.29, 1.82) is 0 Å². The molecule has 0 radical (unpaired) electrons. The van der Waals surface area contributed by atoms with Crippen LogP contribution in [0.1, 0.15) is 71.6 Å². The van der Waals surface area contributed by atoms with Gasteiger partial charge in [0.05, 0.1) is 6.04 Å². The predicted octanol–water partition coefficient (Wildman–Crippen LogP) is 2.99. The van der Waals surface area contributed by atoms with Gasteiger partial charge >= 0.3 is 0 Å². The highest BCUT2D eigenvalue weighted by molar-refractivity contribution is 5.82. The average molecular weight is 254 g/mol. The highest BCUT2D eigenvalue weighted by Crippen LogP contribution is 2.11. The van der Waals surface area contributed by atoms with Gasteiger partial charge in [-0.05, 0) is 32.2 Å². The van der Waals surface area contributed by atoms with Gasteiger partial charge in [-0.1, -0.05) is 46.0 Å². The lowest BCUT2D eigenvalue weighted by atomic mass is 10.0. The standard InChI is InChI=1S/C15H30N2O/c1-3-5-10-13(9-4-2)17-15(18)14-11-7-6-8-12-16-14/h13-14,16H,3-12H2,1-2H3,(H,17,18). The molecule has 3 nitrogen and oxygen atoms in total. The number of carbonyl (C=O) groups excluding carboxylic acids is 1. The summed E-state index contributed by atoms with van der Waals surface area (Å²) in [4.78, 5) is 12.2. The summed E-state index contributed by atoms with van der Waals surface area (Å²) >= 11 is 0. The molecule has 1 aliphatic rings. The molecular weight excluding hydrogens is 224 g/mol. The summed E-state index contributed by atoms with van der Waals surface area (Å²) in [5, 5.41) is 6.62. The highest BCUT2D eigenvalue weighted by Gasteiger charge is 2.21. The second-order valence-corrected chi connectivity index (χ2v) is 5.49. The van der Waals surface area contributed by atoms with E-state index in [-0.39, 0.29) is 11.9 Å².